The molecule has 0 amide bonds. The van der Waals surface area contributed by atoms with Gasteiger partial charge in [-0.25, -0.2) is 4.68 Å². The molecule has 0 saturated heterocycles. The van der Waals surface area contributed by atoms with Crippen molar-refractivity contribution in [3.05, 3.63) is 35.5 Å². The summed E-state index contributed by atoms with van der Waals surface area (Å²) in [4.78, 5) is 0. The molecular weight excluding hydrogens is 250 g/mol. The van der Waals surface area contributed by atoms with Gasteiger partial charge in [0, 0.05) is 6.54 Å². The molecule has 2 N–H and O–H groups in total. The lowest BCUT2D eigenvalue weighted by Gasteiger charge is -2.16. The maximum atomic E-state index is 6.08. The molecule has 1 heterocycles. The number of hydrogen-bond donors (Lipinski definition) is 1. The maximum Gasteiger partial charge on any atom is 0.241 e. The molecule has 2 rings (SSSR count). The highest BCUT2D eigenvalue weighted by atomic mass is 16.5. The minimum Gasteiger partial charge on any atom is -0.437 e. The minimum atomic E-state index is 0.450. The fraction of sp³-hybridized carbons (Fsp3) is 0.438. The zero-order valence-electron chi connectivity index (χ0n) is 12.7. The highest BCUT2D eigenvalue weighted by Gasteiger charge is 2.16. The molecule has 1 aromatic carbocycles. The quantitative estimate of drug-likeness (QED) is 0.892. The van der Waals surface area contributed by atoms with Crippen molar-refractivity contribution in [2.75, 3.05) is 5.73 Å². The summed E-state index contributed by atoms with van der Waals surface area (Å²) in [7, 11) is 0. The Kier molecular flexibility index (Phi) is 4.32. The van der Waals surface area contributed by atoms with Gasteiger partial charge in [0.15, 0.2) is 0 Å². The molecule has 0 saturated carbocycles. The average molecular weight is 273 g/mol. The second-order valence-electron chi connectivity index (χ2n) is 5.07. The number of rotatable bonds is 5. The summed E-state index contributed by atoms with van der Waals surface area (Å²) in [5.41, 5.74) is 8.71. The summed E-state index contributed by atoms with van der Waals surface area (Å²) < 4.78 is 7.89. The molecule has 20 heavy (non-hydrogen) atoms. The molecule has 0 aliphatic rings. The van der Waals surface area contributed by atoms with Crippen LogP contribution in [0.25, 0.3) is 0 Å². The number of nitrogens with two attached hydrogens (primary N) is 1. The monoisotopic (exact) mass is 273 g/mol. The van der Waals surface area contributed by atoms with Gasteiger partial charge in [-0.15, -0.1) is 0 Å². The van der Waals surface area contributed by atoms with Gasteiger partial charge in [0.1, 0.15) is 11.4 Å². The van der Waals surface area contributed by atoms with Crippen LogP contribution < -0.4 is 10.5 Å². The molecule has 1 atom stereocenters. The Morgan fingerprint density at radius 1 is 1.30 bits per heavy atom. The van der Waals surface area contributed by atoms with Gasteiger partial charge in [-0.2, -0.15) is 5.10 Å². The van der Waals surface area contributed by atoms with Crippen LogP contribution in [-0.4, -0.2) is 9.78 Å². The van der Waals surface area contributed by atoms with Gasteiger partial charge in [0.05, 0.1) is 5.69 Å². The highest BCUT2D eigenvalue weighted by molar-refractivity contribution is 5.54. The average Bonchev–Trinajstić information content (AvgIpc) is 2.74. The Morgan fingerprint density at radius 3 is 2.65 bits per heavy atom. The largest absolute Gasteiger partial charge is 0.437 e. The number of aromatic nitrogens is 2. The zero-order valence-corrected chi connectivity index (χ0v) is 12.7. The predicted octanol–water partition coefficient (Wildman–Crippen LogP) is 4.10. The van der Waals surface area contributed by atoms with Crippen LogP contribution in [0.5, 0.6) is 11.6 Å². The van der Waals surface area contributed by atoms with Crippen LogP contribution in [0.15, 0.2) is 24.3 Å². The Labute approximate surface area is 120 Å². The van der Waals surface area contributed by atoms with Crippen molar-refractivity contribution in [2.24, 2.45) is 0 Å². The Morgan fingerprint density at radius 2 is 2.00 bits per heavy atom. The Balaban J connectivity index is 2.40. The summed E-state index contributed by atoms with van der Waals surface area (Å²) in [6.45, 7) is 9.04. The van der Waals surface area contributed by atoms with Crippen LogP contribution in [-0.2, 0) is 6.54 Å². The van der Waals surface area contributed by atoms with Gasteiger partial charge in [0.2, 0.25) is 5.88 Å². The van der Waals surface area contributed by atoms with Gasteiger partial charge >= 0.3 is 0 Å². The third-order valence-electron chi connectivity index (χ3n) is 3.69. The topological polar surface area (TPSA) is 53.1 Å². The zero-order chi connectivity index (χ0) is 14.7. The van der Waals surface area contributed by atoms with E-state index in [1.165, 1.54) is 5.56 Å². The third kappa shape index (κ3) is 2.64. The lowest BCUT2D eigenvalue weighted by atomic mass is 9.98. The molecule has 4 heteroatoms. The first kappa shape index (κ1) is 14.4. The number of hydrogen-bond acceptors (Lipinski definition) is 3. The summed E-state index contributed by atoms with van der Waals surface area (Å²) in [5, 5.41) is 4.39. The van der Waals surface area contributed by atoms with Crippen molar-refractivity contribution in [3.8, 4) is 11.6 Å². The summed E-state index contributed by atoms with van der Waals surface area (Å²) in [6.07, 6.45) is 1.07. The van der Waals surface area contributed by atoms with Crippen LogP contribution in [0.3, 0.4) is 0 Å². The summed E-state index contributed by atoms with van der Waals surface area (Å²) >= 11 is 0. The molecule has 0 spiro atoms. The van der Waals surface area contributed by atoms with Crippen molar-refractivity contribution in [1.29, 1.82) is 0 Å². The lowest BCUT2D eigenvalue weighted by Crippen LogP contribution is -2.03. The van der Waals surface area contributed by atoms with Crippen molar-refractivity contribution in [3.63, 3.8) is 0 Å². The van der Waals surface area contributed by atoms with Crippen molar-refractivity contribution in [2.45, 2.75) is 46.6 Å². The van der Waals surface area contributed by atoms with Gasteiger partial charge in [0.25, 0.3) is 0 Å². The highest BCUT2D eigenvalue weighted by Crippen LogP contribution is 2.35. The van der Waals surface area contributed by atoms with Crippen LogP contribution in [0.4, 0.5) is 5.69 Å². The van der Waals surface area contributed by atoms with E-state index in [2.05, 4.69) is 25.0 Å². The molecule has 0 fully saturated rings. The van der Waals surface area contributed by atoms with Crippen LogP contribution in [0.1, 0.15) is 44.4 Å². The first-order chi connectivity index (χ1) is 9.58. The van der Waals surface area contributed by atoms with Gasteiger partial charge < -0.3 is 10.5 Å². The molecular formula is C16H23N3O. The van der Waals surface area contributed by atoms with Crippen LogP contribution in [0.2, 0.25) is 0 Å². The minimum absolute atomic E-state index is 0.450. The van der Waals surface area contributed by atoms with Crippen molar-refractivity contribution in [1.82, 2.24) is 9.78 Å². The normalized spacial score (nSPS) is 12.4. The van der Waals surface area contributed by atoms with Crippen molar-refractivity contribution < 1.29 is 4.74 Å². The number of para-hydroxylation sites is 1. The lowest BCUT2D eigenvalue weighted by molar-refractivity contribution is 0.411. The number of anilines is 1. The maximum absolute atomic E-state index is 6.08. The van der Waals surface area contributed by atoms with E-state index in [4.69, 9.17) is 10.5 Å². The second-order valence-corrected chi connectivity index (χ2v) is 5.07. The van der Waals surface area contributed by atoms with Crippen molar-refractivity contribution >= 4 is 5.69 Å². The molecule has 0 aliphatic heterocycles. The fourth-order valence-corrected chi connectivity index (χ4v) is 2.20. The van der Waals surface area contributed by atoms with Crippen LogP contribution >= 0.6 is 0 Å². The van der Waals surface area contributed by atoms with E-state index >= 15 is 0 Å². The summed E-state index contributed by atoms with van der Waals surface area (Å²) in [6, 6.07) is 8.12. The third-order valence-corrected chi connectivity index (χ3v) is 3.69. The number of aryl methyl sites for hydroxylation is 2. The fourth-order valence-electron chi connectivity index (χ4n) is 2.20. The molecule has 0 aliphatic carbocycles. The van der Waals surface area contributed by atoms with E-state index < -0.39 is 0 Å². The molecule has 0 radical (unpaired) electrons. The van der Waals surface area contributed by atoms with E-state index in [0.717, 1.165) is 24.4 Å². The van der Waals surface area contributed by atoms with E-state index in [1.807, 2.05) is 32.0 Å². The molecule has 0 bridgehead atoms. The van der Waals surface area contributed by atoms with Gasteiger partial charge in [-0.3, -0.25) is 0 Å². The predicted molar refractivity (Wildman–Crippen MR) is 82.3 cm³/mol. The smallest absolute Gasteiger partial charge is 0.241 e. The number of nitrogens with zero attached hydrogens (tertiary/aromatic N) is 2. The van der Waals surface area contributed by atoms with Gasteiger partial charge in [-0.05, 0) is 37.8 Å². The molecule has 2 aromatic rings. The standard InChI is InChI=1S/C16H23N3O/c1-5-11(3)13-9-7-8-10-14(13)20-16-15(17)12(4)18-19(16)6-2/h7-11H,5-6,17H2,1-4H3. The number of nitrogen functional groups attached to an aromatic ring is 1. The molecule has 1 aromatic heterocycles. The first-order valence-electron chi connectivity index (χ1n) is 7.18. The number of benzene rings is 1. The first-order valence-corrected chi connectivity index (χ1v) is 7.18. The van der Waals surface area contributed by atoms with E-state index in [1.54, 1.807) is 4.68 Å². The summed E-state index contributed by atoms with van der Waals surface area (Å²) in [5.74, 6) is 1.95. The molecule has 108 valence electrons. The Hall–Kier alpha value is -1.97. The Bertz CT molecular complexity index is 589. The number of ether oxygens (including phenoxy) is 1. The second kappa shape index (κ2) is 5.99. The van der Waals surface area contributed by atoms with Gasteiger partial charge in [-0.1, -0.05) is 32.0 Å². The van der Waals surface area contributed by atoms with E-state index in [0.29, 0.717) is 17.5 Å². The molecule has 1 unspecified atom stereocenters. The SMILES string of the molecule is CCC(C)c1ccccc1Oc1c(N)c(C)nn1CC. The molecule has 4 nitrogen and oxygen atoms in total. The van der Waals surface area contributed by atoms with Crippen LogP contribution in [0, 0.1) is 6.92 Å². The van der Waals surface area contributed by atoms with E-state index in [9.17, 15) is 0 Å². The van der Waals surface area contributed by atoms with E-state index in [-0.39, 0.29) is 0 Å².